The molecule has 5 nitrogen and oxygen atoms in total. The lowest BCUT2D eigenvalue weighted by molar-refractivity contribution is 0.678. The SMILES string of the molecule is CCNc1nc(C(C)C)nc(NCC(C)S(C)=O)c1C. The van der Waals surface area contributed by atoms with Crippen molar-refractivity contribution in [2.45, 2.75) is 45.8 Å². The van der Waals surface area contributed by atoms with Gasteiger partial charge >= 0.3 is 0 Å². The van der Waals surface area contributed by atoms with E-state index in [9.17, 15) is 4.21 Å². The molecule has 0 saturated heterocycles. The molecule has 0 aliphatic carbocycles. The molecule has 6 heteroatoms. The van der Waals surface area contributed by atoms with Crippen molar-refractivity contribution in [1.82, 2.24) is 9.97 Å². The normalized spacial score (nSPS) is 14.2. The zero-order chi connectivity index (χ0) is 15.3. The lowest BCUT2D eigenvalue weighted by Gasteiger charge is -2.17. The van der Waals surface area contributed by atoms with Gasteiger partial charge < -0.3 is 10.6 Å². The molecule has 1 aromatic heterocycles. The van der Waals surface area contributed by atoms with Gasteiger partial charge in [-0.1, -0.05) is 13.8 Å². The molecule has 0 bridgehead atoms. The van der Waals surface area contributed by atoms with Gasteiger partial charge in [-0.2, -0.15) is 0 Å². The molecule has 20 heavy (non-hydrogen) atoms. The Labute approximate surface area is 124 Å². The van der Waals surface area contributed by atoms with E-state index in [1.165, 1.54) is 0 Å². The van der Waals surface area contributed by atoms with E-state index in [0.29, 0.717) is 6.54 Å². The van der Waals surface area contributed by atoms with Gasteiger partial charge in [-0.05, 0) is 20.8 Å². The van der Waals surface area contributed by atoms with Gasteiger partial charge in [-0.25, -0.2) is 9.97 Å². The summed E-state index contributed by atoms with van der Waals surface area (Å²) in [6.07, 6.45) is 1.72. The zero-order valence-corrected chi connectivity index (χ0v) is 14.1. The number of nitrogens with zero attached hydrogens (tertiary/aromatic N) is 2. The second-order valence-corrected chi connectivity index (χ2v) is 7.08. The van der Waals surface area contributed by atoms with Crippen LogP contribution in [0.5, 0.6) is 0 Å². The largest absolute Gasteiger partial charge is 0.370 e. The lowest BCUT2D eigenvalue weighted by atomic mass is 10.2. The van der Waals surface area contributed by atoms with E-state index in [1.807, 2.05) is 20.8 Å². The molecular weight excluding hydrogens is 272 g/mol. The third kappa shape index (κ3) is 4.44. The number of nitrogens with one attached hydrogen (secondary N) is 2. The van der Waals surface area contributed by atoms with E-state index in [0.717, 1.165) is 29.6 Å². The molecule has 114 valence electrons. The van der Waals surface area contributed by atoms with Crippen molar-refractivity contribution in [3.63, 3.8) is 0 Å². The summed E-state index contributed by atoms with van der Waals surface area (Å²) in [4.78, 5) is 9.15. The average Bonchev–Trinajstić information content (AvgIpc) is 2.39. The lowest BCUT2D eigenvalue weighted by Crippen LogP contribution is -2.22. The highest BCUT2D eigenvalue weighted by Crippen LogP contribution is 2.23. The van der Waals surface area contributed by atoms with Crippen molar-refractivity contribution in [2.75, 3.05) is 30.0 Å². The molecule has 0 amide bonds. The van der Waals surface area contributed by atoms with E-state index >= 15 is 0 Å². The molecule has 2 unspecified atom stereocenters. The van der Waals surface area contributed by atoms with Gasteiger partial charge in [0.2, 0.25) is 0 Å². The number of anilines is 2. The van der Waals surface area contributed by atoms with Crippen LogP contribution < -0.4 is 10.6 Å². The molecule has 1 rings (SSSR count). The smallest absolute Gasteiger partial charge is 0.135 e. The first-order chi connectivity index (χ1) is 9.36. The van der Waals surface area contributed by atoms with Crippen LogP contribution in [0.4, 0.5) is 11.6 Å². The second kappa shape index (κ2) is 7.57. The molecular formula is C14H26N4OS. The predicted molar refractivity (Wildman–Crippen MR) is 87.0 cm³/mol. The summed E-state index contributed by atoms with van der Waals surface area (Å²) in [7, 11) is -0.835. The van der Waals surface area contributed by atoms with Crippen molar-refractivity contribution >= 4 is 22.4 Å². The number of hydrogen-bond donors (Lipinski definition) is 2. The molecule has 0 aromatic carbocycles. The summed E-state index contributed by atoms with van der Waals surface area (Å²) >= 11 is 0. The van der Waals surface area contributed by atoms with Crippen LogP contribution in [-0.2, 0) is 10.8 Å². The number of hydrogen-bond acceptors (Lipinski definition) is 5. The summed E-state index contributed by atoms with van der Waals surface area (Å²) in [5.74, 6) is 2.79. The van der Waals surface area contributed by atoms with Gasteiger partial charge in [0.1, 0.15) is 17.5 Å². The Hall–Kier alpha value is -1.17. The number of rotatable bonds is 7. The van der Waals surface area contributed by atoms with E-state index < -0.39 is 10.8 Å². The standard InChI is InChI=1S/C14H26N4OS/c1-7-15-13-11(5)14(16-8-10(4)20(6)19)18-12(17-13)9(2)3/h9-10H,7-8H2,1-6H3,(H2,15,16,17,18). The maximum atomic E-state index is 11.4. The van der Waals surface area contributed by atoms with Gasteiger partial charge in [0.25, 0.3) is 0 Å². The molecule has 0 spiro atoms. The van der Waals surface area contributed by atoms with Crippen LogP contribution in [0, 0.1) is 6.92 Å². The molecule has 2 N–H and O–H groups in total. The van der Waals surface area contributed by atoms with Crippen LogP contribution in [0.25, 0.3) is 0 Å². The minimum atomic E-state index is -0.835. The maximum absolute atomic E-state index is 11.4. The first-order valence-electron chi connectivity index (χ1n) is 7.05. The zero-order valence-electron chi connectivity index (χ0n) is 13.3. The van der Waals surface area contributed by atoms with Crippen molar-refractivity contribution < 1.29 is 4.21 Å². The Morgan fingerprint density at radius 3 is 2.15 bits per heavy atom. The van der Waals surface area contributed by atoms with Crippen molar-refractivity contribution in [1.29, 1.82) is 0 Å². The Bertz CT molecular complexity index is 476. The third-order valence-corrected chi connectivity index (χ3v) is 4.45. The van der Waals surface area contributed by atoms with Gasteiger partial charge in [0.05, 0.1) is 0 Å². The number of aromatic nitrogens is 2. The molecule has 0 aliphatic heterocycles. The summed E-state index contributed by atoms with van der Waals surface area (Å²) in [6, 6.07) is 0. The highest BCUT2D eigenvalue weighted by Gasteiger charge is 2.14. The quantitative estimate of drug-likeness (QED) is 0.809. The van der Waals surface area contributed by atoms with Gasteiger partial charge in [-0.15, -0.1) is 0 Å². The Kier molecular flexibility index (Phi) is 6.39. The monoisotopic (exact) mass is 298 g/mol. The Balaban J connectivity index is 3.01. The van der Waals surface area contributed by atoms with Gasteiger partial charge in [-0.3, -0.25) is 4.21 Å². The fourth-order valence-electron chi connectivity index (χ4n) is 1.66. The fraction of sp³-hybridized carbons (Fsp3) is 0.714. The Morgan fingerprint density at radius 1 is 1.15 bits per heavy atom. The summed E-state index contributed by atoms with van der Waals surface area (Å²) in [6.45, 7) is 11.6. The van der Waals surface area contributed by atoms with Crippen LogP contribution in [0.3, 0.4) is 0 Å². The molecule has 2 atom stereocenters. The fourth-order valence-corrected chi connectivity index (χ4v) is 1.98. The Morgan fingerprint density at radius 2 is 1.70 bits per heavy atom. The van der Waals surface area contributed by atoms with Crippen molar-refractivity contribution in [3.8, 4) is 0 Å². The molecule has 0 saturated carbocycles. The topological polar surface area (TPSA) is 66.9 Å². The van der Waals surface area contributed by atoms with Gasteiger partial charge in [0, 0.05) is 46.9 Å². The first kappa shape index (κ1) is 16.9. The van der Waals surface area contributed by atoms with Crippen molar-refractivity contribution in [3.05, 3.63) is 11.4 Å². The van der Waals surface area contributed by atoms with Gasteiger partial charge in [0.15, 0.2) is 0 Å². The van der Waals surface area contributed by atoms with Crippen LogP contribution in [0.15, 0.2) is 0 Å². The summed E-state index contributed by atoms with van der Waals surface area (Å²) < 4.78 is 11.4. The first-order valence-corrected chi connectivity index (χ1v) is 8.67. The molecule has 1 heterocycles. The van der Waals surface area contributed by atoms with E-state index in [-0.39, 0.29) is 11.2 Å². The van der Waals surface area contributed by atoms with E-state index in [1.54, 1.807) is 6.26 Å². The molecule has 0 radical (unpaired) electrons. The molecule has 0 fully saturated rings. The van der Waals surface area contributed by atoms with Crippen molar-refractivity contribution in [2.24, 2.45) is 0 Å². The third-order valence-electron chi connectivity index (χ3n) is 3.15. The van der Waals surface area contributed by atoms with Crippen LogP contribution in [0.2, 0.25) is 0 Å². The highest BCUT2D eigenvalue weighted by atomic mass is 32.2. The molecule has 0 aliphatic rings. The highest BCUT2D eigenvalue weighted by molar-refractivity contribution is 7.84. The predicted octanol–water partition coefficient (Wildman–Crippen LogP) is 2.52. The summed E-state index contributed by atoms with van der Waals surface area (Å²) in [5.41, 5.74) is 1.00. The van der Waals surface area contributed by atoms with E-state index in [4.69, 9.17) is 0 Å². The molecule has 1 aromatic rings. The average molecular weight is 298 g/mol. The second-order valence-electron chi connectivity index (χ2n) is 5.28. The van der Waals surface area contributed by atoms with Crippen LogP contribution in [-0.4, -0.2) is 38.8 Å². The van der Waals surface area contributed by atoms with Crippen LogP contribution >= 0.6 is 0 Å². The minimum absolute atomic E-state index is 0.0921. The van der Waals surface area contributed by atoms with Crippen LogP contribution in [0.1, 0.15) is 45.0 Å². The summed E-state index contributed by atoms with van der Waals surface area (Å²) in [5, 5.41) is 6.67. The maximum Gasteiger partial charge on any atom is 0.135 e. The minimum Gasteiger partial charge on any atom is -0.370 e. The van der Waals surface area contributed by atoms with E-state index in [2.05, 4.69) is 34.4 Å².